The molecule has 6 heteroatoms. The number of aryl methyl sites for hydroxylation is 1. The van der Waals surface area contributed by atoms with Gasteiger partial charge in [-0.2, -0.15) is 0 Å². The van der Waals surface area contributed by atoms with E-state index in [1.54, 1.807) is 0 Å². The number of carbonyl (C=O) groups is 1. The van der Waals surface area contributed by atoms with Crippen molar-refractivity contribution in [1.29, 1.82) is 0 Å². The summed E-state index contributed by atoms with van der Waals surface area (Å²) in [6.07, 6.45) is 4.52. The van der Waals surface area contributed by atoms with Crippen molar-refractivity contribution in [1.82, 2.24) is 9.97 Å². The minimum Gasteiger partial charge on any atom is -0.478 e. The van der Waals surface area contributed by atoms with Crippen LogP contribution in [0.2, 0.25) is 0 Å². The first kappa shape index (κ1) is 14.5. The average Bonchev–Trinajstić information content (AvgIpc) is 2.26. The molecule has 0 fully saturated rings. The first-order chi connectivity index (χ1) is 8.43. The van der Waals surface area contributed by atoms with Crippen LogP contribution < -0.4 is 5.32 Å². The summed E-state index contributed by atoms with van der Waals surface area (Å²) in [4.78, 5) is 19.3. The molecule has 0 saturated heterocycles. The van der Waals surface area contributed by atoms with Gasteiger partial charge < -0.3 is 10.4 Å². The van der Waals surface area contributed by atoms with Gasteiger partial charge >= 0.3 is 5.97 Å². The SMILES string of the molecule is CSc1nc(C)c(/C=C/C(=O)O)c(NC(C)C)n1. The summed E-state index contributed by atoms with van der Waals surface area (Å²) in [5.74, 6) is -0.321. The lowest BCUT2D eigenvalue weighted by molar-refractivity contribution is -0.131. The van der Waals surface area contributed by atoms with Gasteiger partial charge in [0.2, 0.25) is 0 Å². The van der Waals surface area contributed by atoms with E-state index < -0.39 is 5.97 Å². The molecule has 0 amide bonds. The van der Waals surface area contributed by atoms with Crippen LogP contribution in [0.5, 0.6) is 0 Å². The Bertz CT molecular complexity index is 473. The quantitative estimate of drug-likeness (QED) is 0.485. The van der Waals surface area contributed by atoms with Crippen molar-refractivity contribution in [3.8, 4) is 0 Å². The summed E-state index contributed by atoms with van der Waals surface area (Å²) in [6.45, 7) is 5.84. The van der Waals surface area contributed by atoms with Crippen molar-refractivity contribution >= 4 is 29.6 Å². The fraction of sp³-hybridized carbons (Fsp3) is 0.417. The predicted molar refractivity (Wildman–Crippen MR) is 74.0 cm³/mol. The molecule has 0 bridgehead atoms. The summed E-state index contributed by atoms with van der Waals surface area (Å²) in [6, 6.07) is 0.214. The van der Waals surface area contributed by atoms with Crippen LogP contribution >= 0.6 is 11.8 Å². The molecule has 0 aliphatic rings. The van der Waals surface area contributed by atoms with Gasteiger partial charge in [-0.15, -0.1) is 0 Å². The van der Waals surface area contributed by atoms with Crippen LogP contribution in [0.15, 0.2) is 11.2 Å². The van der Waals surface area contributed by atoms with E-state index in [-0.39, 0.29) is 6.04 Å². The van der Waals surface area contributed by atoms with E-state index in [1.807, 2.05) is 27.0 Å². The zero-order chi connectivity index (χ0) is 13.7. The highest BCUT2D eigenvalue weighted by Gasteiger charge is 2.10. The largest absolute Gasteiger partial charge is 0.478 e. The summed E-state index contributed by atoms with van der Waals surface area (Å²) in [7, 11) is 0. The standard InChI is InChI=1S/C12H17N3O2S/c1-7(2)13-11-9(5-6-10(16)17)8(3)14-12(15-11)18-4/h5-7H,1-4H3,(H,16,17)(H,13,14,15)/b6-5+. The van der Waals surface area contributed by atoms with E-state index in [1.165, 1.54) is 17.8 Å². The van der Waals surface area contributed by atoms with Gasteiger partial charge in [-0.25, -0.2) is 14.8 Å². The lowest BCUT2D eigenvalue weighted by atomic mass is 10.2. The number of hydrogen-bond acceptors (Lipinski definition) is 5. The van der Waals surface area contributed by atoms with E-state index in [2.05, 4.69) is 15.3 Å². The number of carboxylic acids is 1. The predicted octanol–water partition coefficient (Wildman–Crippen LogP) is 2.43. The van der Waals surface area contributed by atoms with E-state index >= 15 is 0 Å². The summed E-state index contributed by atoms with van der Waals surface area (Å²) in [5.41, 5.74) is 1.47. The number of aliphatic carboxylic acids is 1. The first-order valence-electron chi connectivity index (χ1n) is 5.54. The molecule has 1 rings (SSSR count). The van der Waals surface area contributed by atoms with Gasteiger partial charge in [0.1, 0.15) is 5.82 Å². The number of carboxylic acid groups (broad SMARTS) is 1. The van der Waals surface area contributed by atoms with Gasteiger partial charge in [0.05, 0.1) is 5.69 Å². The molecule has 0 unspecified atom stereocenters. The van der Waals surface area contributed by atoms with Crippen molar-refractivity contribution in [2.75, 3.05) is 11.6 Å². The Kier molecular flexibility index (Phi) is 5.15. The molecule has 2 N–H and O–H groups in total. The van der Waals surface area contributed by atoms with Crippen LogP contribution in [0.1, 0.15) is 25.1 Å². The molecule has 1 aromatic rings. The highest BCUT2D eigenvalue weighted by molar-refractivity contribution is 7.98. The summed E-state index contributed by atoms with van der Waals surface area (Å²) >= 11 is 1.45. The van der Waals surface area contributed by atoms with Gasteiger partial charge in [0, 0.05) is 17.7 Å². The topological polar surface area (TPSA) is 75.1 Å². The minimum atomic E-state index is -0.987. The molecule has 5 nitrogen and oxygen atoms in total. The number of anilines is 1. The smallest absolute Gasteiger partial charge is 0.328 e. The second-order valence-corrected chi connectivity index (χ2v) is 4.80. The molecule has 0 aromatic carbocycles. The zero-order valence-electron chi connectivity index (χ0n) is 10.9. The van der Waals surface area contributed by atoms with Crippen LogP contribution in [0.4, 0.5) is 5.82 Å². The van der Waals surface area contributed by atoms with Crippen LogP contribution in [0.3, 0.4) is 0 Å². The molecule has 1 heterocycles. The van der Waals surface area contributed by atoms with Crippen molar-refractivity contribution in [3.05, 3.63) is 17.3 Å². The number of aromatic nitrogens is 2. The molecule has 0 radical (unpaired) electrons. The molecule has 0 atom stereocenters. The maximum atomic E-state index is 10.6. The second-order valence-electron chi connectivity index (χ2n) is 4.03. The van der Waals surface area contributed by atoms with E-state index in [0.29, 0.717) is 16.5 Å². The molecule has 0 spiro atoms. The Labute approximate surface area is 111 Å². The van der Waals surface area contributed by atoms with Crippen molar-refractivity contribution in [3.63, 3.8) is 0 Å². The van der Waals surface area contributed by atoms with Gasteiger partial charge in [-0.3, -0.25) is 0 Å². The summed E-state index contributed by atoms with van der Waals surface area (Å²) < 4.78 is 0. The molecule has 1 aromatic heterocycles. The monoisotopic (exact) mass is 267 g/mol. The number of rotatable bonds is 5. The molecule has 18 heavy (non-hydrogen) atoms. The van der Waals surface area contributed by atoms with Crippen molar-refractivity contribution in [2.45, 2.75) is 32.0 Å². The van der Waals surface area contributed by atoms with E-state index in [0.717, 1.165) is 11.8 Å². The third-order valence-electron chi connectivity index (χ3n) is 2.12. The van der Waals surface area contributed by atoms with Gasteiger partial charge in [0.25, 0.3) is 0 Å². The molecular formula is C12H17N3O2S. The van der Waals surface area contributed by atoms with E-state index in [9.17, 15) is 4.79 Å². The van der Waals surface area contributed by atoms with Gasteiger partial charge in [-0.05, 0) is 33.1 Å². The number of thioether (sulfide) groups is 1. The van der Waals surface area contributed by atoms with Crippen LogP contribution in [0, 0.1) is 6.92 Å². The lowest BCUT2D eigenvalue weighted by Crippen LogP contribution is -2.14. The normalized spacial score (nSPS) is 11.2. The average molecular weight is 267 g/mol. The van der Waals surface area contributed by atoms with E-state index in [4.69, 9.17) is 5.11 Å². The number of nitrogens with one attached hydrogen (secondary N) is 1. The van der Waals surface area contributed by atoms with Crippen LogP contribution in [0.25, 0.3) is 6.08 Å². The highest BCUT2D eigenvalue weighted by Crippen LogP contribution is 2.22. The minimum absolute atomic E-state index is 0.214. The highest BCUT2D eigenvalue weighted by atomic mass is 32.2. The fourth-order valence-electron chi connectivity index (χ4n) is 1.38. The number of hydrogen-bond donors (Lipinski definition) is 2. The molecule has 0 aliphatic heterocycles. The van der Waals surface area contributed by atoms with Crippen LogP contribution in [-0.2, 0) is 4.79 Å². The van der Waals surface area contributed by atoms with Crippen molar-refractivity contribution < 1.29 is 9.90 Å². The summed E-state index contributed by atoms with van der Waals surface area (Å²) in [5, 5.41) is 12.6. The fourth-order valence-corrected chi connectivity index (χ4v) is 1.80. The Morgan fingerprint density at radius 1 is 1.44 bits per heavy atom. The Balaban J connectivity index is 3.23. The van der Waals surface area contributed by atoms with Gasteiger partial charge in [-0.1, -0.05) is 11.8 Å². The number of nitrogens with zero attached hydrogens (tertiary/aromatic N) is 2. The molecular weight excluding hydrogens is 250 g/mol. The third-order valence-corrected chi connectivity index (χ3v) is 2.66. The Hall–Kier alpha value is -1.56. The zero-order valence-corrected chi connectivity index (χ0v) is 11.7. The first-order valence-corrected chi connectivity index (χ1v) is 6.76. The maximum absolute atomic E-state index is 10.6. The molecule has 0 saturated carbocycles. The van der Waals surface area contributed by atoms with Crippen LogP contribution in [-0.4, -0.2) is 33.3 Å². The Morgan fingerprint density at radius 2 is 2.11 bits per heavy atom. The van der Waals surface area contributed by atoms with Crippen molar-refractivity contribution in [2.24, 2.45) is 0 Å². The Morgan fingerprint density at radius 3 is 2.61 bits per heavy atom. The van der Waals surface area contributed by atoms with Gasteiger partial charge in [0.15, 0.2) is 5.16 Å². The molecule has 98 valence electrons. The maximum Gasteiger partial charge on any atom is 0.328 e. The third kappa shape index (κ3) is 4.03. The molecule has 0 aliphatic carbocycles. The lowest BCUT2D eigenvalue weighted by Gasteiger charge is -2.14. The second kappa shape index (κ2) is 6.39.